The third kappa shape index (κ3) is 4.21. The van der Waals surface area contributed by atoms with Crippen LogP contribution in [-0.4, -0.2) is 15.7 Å². The van der Waals surface area contributed by atoms with Gasteiger partial charge in [0.05, 0.1) is 6.54 Å². The molecule has 0 aliphatic heterocycles. The van der Waals surface area contributed by atoms with Crippen molar-refractivity contribution in [2.75, 3.05) is 5.32 Å². The van der Waals surface area contributed by atoms with Gasteiger partial charge in [0.2, 0.25) is 0 Å². The van der Waals surface area contributed by atoms with Gasteiger partial charge in [0.25, 0.3) is 5.91 Å². The number of amides is 1. The Morgan fingerprint density at radius 2 is 2.00 bits per heavy atom. The standard InChI is InChI=1S/C17H13BrClN3O/c18-14-5-2-4-13(10-14)17(23)20-16-7-8-22(21-16)11-12-3-1-6-15(19)9-12/h1-10H,11H2,(H,20,21,23). The number of hydrogen-bond acceptors (Lipinski definition) is 2. The van der Waals surface area contributed by atoms with Crippen LogP contribution in [0.3, 0.4) is 0 Å². The predicted molar refractivity (Wildman–Crippen MR) is 94.9 cm³/mol. The van der Waals surface area contributed by atoms with E-state index in [9.17, 15) is 4.79 Å². The molecule has 0 saturated heterocycles. The van der Waals surface area contributed by atoms with E-state index in [4.69, 9.17) is 11.6 Å². The molecule has 0 spiro atoms. The number of nitrogens with one attached hydrogen (secondary N) is 1. The summed E-state index contributed by atoms with van der Waals surface area (Å²) in [5, 5.41) is 7.83. The number of aromatic nitrogens is 2. The van der Waals surface area contributed by atoms with E-state index in [2.05, 4.69) is 26.3 Å². The Kier molecular flexibility index (Phi) is 4.79. The molecule has 0 aliphatic carbocycles. The smallest absolute Gasteiger partial charge is 0.256 e. The number of rotatable bonds is 4. The molecule has 0 saturated carbocycles. The Morgan fingerprint density at radius 1 is 1.17 bits per heavy atom. The van der Waals surface area contributed by atoms with Crippen LogP contribution in [0, 0.1) is 0 Å². The zero-order valence-electron chi connectivity index (χ0n) is 12.0. The number of carbonyl (C=O) groups is 1. The van der Waals surface area contributed by atoms with Gasteiger partial charge in [0.1, 0.15) is 0 Å². The maximum Gasteiger partial charge on any atom is 0.256 e. The topological polar surface area (TPSA) is 46.9 Å². The van der Waals surface area contributed by atoms with Crippen LogP contribution in [0.1, 0.15) is 15.9 Å². The second-order valence-electron chi connectivity index (χ2n) is 4.99. The zero-order valence-corrected chi connectivity index (χ0v) is 14.4. The molecule has 0 unspecified atom stereocenters. The minimum atomic E-state index is -0.195. The first kappa shape index (κ1) is 15.8. The summed E-state index contributed by atoms with van der Waals surface area (Å²) in [6.45, 7) is 0.591. The van der Waals surface area contributed by atoms with Gasteiger partial charge in [-0.25, -0.2) is 0 Å². The van der Waals surface area contributed by atoms with Crippen molar-refractivity contribution in [1.82, 2.24) is 9.78 Å². The number of benzene rings is 2. The Balaban J connectivity index is 1.68. The number of carbonyl (C=O) groups excluding carboxylic acids is 1. The first-order chi connectivity index (χ1) is 11.1. The summed E-state index contributed by atoms with van der Waals surface area (Å²) in [5.41, 5.74) is 1.62. The quantitative estimate of drug-likeness (QED) is 0.708. The Hall–Kier alpha value is -2.11. The fourth-order valence-electron chi connectivity index (χ4n) is 2.16. The third-order valence-electron chi connectivity index (χ3n) is 3.20. The molecule has 0 radical (unpaired) electrons. The minimum absolute atomic E-state index is 0.195. The summed E-state index contributed by atoms with van der Waals surface area (Å²) in [7, 11) is 0. The van der Waals surface area contributed by atoms with Crippen LogP contribution in [0.4, 0.5) is 5.82 Å². The number of anilines is 1. The lowest BCUT2D eigenvalue weighted by atomic mass is 10.2. The van der Waals surface area contributed by atoms with E-state index < -0.39 is 0 Å². The van der Waals surface area contributed by atoms with E-state index in [1.54, 1.807) is 22.9 Å². The Labute approximate surface area is 147 Å². The van der Waals surface area contributed by atoms with Crippen LogP contribution in [0.5, 0.6) is 0 Å². The highest BCUT2D eigenvalue weighted by atomic mass is 79.9. The first-order valence-electron chi connectivity index (χ1n) is 6.95. The molecule has 1 amide bonds. The van der Waals surface area contributed by atoms with Gasteiger partial charge in [-0.15, -0.1) is 0 Å². The van der Waals surface area contributed by atoms with Gasteiger partial charge >= 0.3 is 0 Å². The summed E-state index contributed by atoms with van der Waals surface area (Å²) in [6.07, 6.45) is 1.82. The highest BCUT2D eigenvalue weighted by molar-refractivity contribution is 9.10. The summed E-state index contributed by atoms with van der Waals surface area (Å²) in [6, 6.07) is 16.6. The molecule has 1 N–H and O–H groups in total. The largest absolute Gasteiger partial charge is 0.305 e. The molecule has 116 valence electrons. The molecular formula is C17H13BrClN3O. The molecule has 23 heavy (non-hydrogen) atoms. The van der Waals surface area contributed by atoms with Crippen molar-refractivity contribution >= 4 is 39.3 Å². The van der Waals surface area contributed by atoms with Crippen molar-refractivity contribution in [3.63, 3.8) is 0 Å². The van der Waals surface area contributed by atoms with Gasteiger partial charge in [0, 0.05) is 27.3 Å². The third-order valence-corrected chi connectivity index (χ3v) is 3.93. The summed E-state index contributed by atoms with van der Waals surface area (Å²) in [5.74, 6) is 0.316. The van der Waals surface area contributed by atoms with Crippen molar-refractivity contribution < 1.29 is 4.79 Å². The van der Waals surface area contributed by atoms with Crippen molar-refractivity contribution in [2.45, 2.75) is 6.54 Å². The average Bonchev–Trinajstić information content (AvgIpc) is 2.94. The van der Waals surface area contributed by atoms with Crippen molar-refractivity contribution in [2.24, 2.45) is 0 Å². The van der Waals surface area contributed by atoms with Gasteiger partial charge < -0.3 is 5.32 Å². The average molecular weight is 391 g/mol. The molecule has 6 heteroatoms. The SMILES string of the molecule is O=C(Nc1ccn(Cc2cccc(Cl)c2)n1)c1cccc(Br)c1. The Bertz CT molecular complexity index is 847. The zero-order chi connectivity index (χ0) is 16.2. The molecule has 3 rings (SSSR count). The van der Waals surface area contributed by atoms with Crippen molar-refractivity contribution in [1.29, 1.82) is 0 Å². The van der Waals surface area contributed by atoms with Crippen LogP contribution in [0.2, 0.25) is 5.02 Å². The summed E-state index contributed by atoms with van der Waals surface area (Å²) < 4.78 is 2.61. The van der Waals surface area contributed by atoms with Crippen LogP contribution in [-0.2, 0) is 6.54 Å². The van der Waals surface area contributed by atoms with E-state index in [0.29, 0.717) is 22.9 Å². The molecule has 0 bridgehead atoms. The van der Waals surface area contributed by atoms with E-state index in [-0.39, 0.29) is 5.91 Å². The Morgan fingerprint density at radius 3 is 2.78 bits per heavy atom. The maximum atomic E-state index is 12.2. The van der Waals surface area contributed by atoms with Crippen LogP contribution in [0.15, 0.2) is 65.3 Å². The number of nitrogens with zero attached hydrogens (tertiary/aromatic N) is 2. The monoisotopic (exact) mass is 389 g/mol. The summed E-state index contributed by atoms with van der Waals surface area (Å²) >= 11 is 9.33. The van der Waals surface area contributed by atoms with Gasteiger partial charge in [0.15, 0.2) is 5.82 Å². The second kappa shape index (κ2) is 6.98. The van der Waals surface area contributed by atoms with Gasteiger partial charge in [-0.05, 0) is 35.9 Å². The first-order valence-corrected chi connectivity index (χ1v) is 8.12. The second-order valence-corrected chi connectivity index (χ2v) is 6.35. The molecule has 3 aromatic rings. The number of hydrogen-bond donors (Lipinski definition) is 1. The lowest BCUT2D eigenvalue weighted by Gasteiger charge is -2.04. The van der Waals surface area contributed by atoms with Crippen LogP contribution >= 0.6 is 27.5 Å². The fourth-order valence-corrected chi connectivity index (χ4v) is 2.77. The van der Waals surface area contributed by atoms with E-state index in [1.807, 2.05) is 42.6 Å². The van der Waals surface area contributed by atoms with Crippen LogP contribution in [0.25, 0.3) is 0 Å². The molecular weight excluding hydrogens is 378 g/mol. The predicted octanol–water partition coefficient (Wildman–Crippen LogP) is 4.60. The molecule has 0 atom stereocenters. The maximum absolute atomic E-state index is 12.2. The van der Waals surface area contributed by atoms with Crippen LogP contribution < -0.4 is 5.32 Å². The van der Waals surface area contributed by atoms with Gasteiger partial charge in [-0.3, -0.25) is 9.48 Å². The molecule has 4 nitrogen and oxygen atoms in total. The molecule has 0 aliphatic rings. The summed E-state index contributed by atoms with van der Waals surface area (Å²) in [4.78, 5) is 12.2. The molecule has 1 heterocycles. The van der Waals surface area contributed by atoms with Gasteiger partial charge in [-0.1, -0.05) is 45.7 Å². The van der Waals surface area contributed by atoms with E-state index >= 15 is 0 Å². The normalized spacial score (nSPS) is 10.5. The molecule has 2 aromatic carbocycles. The lowest BCUT2D eigenvalue weighted by molar-refractivity contribution is 0.102. The highest BCUT2D eigenvalue weighted by Gasteiger charge is 2.08. The lowest BCUT2D eigenvalue weighted by Crippen LogP contribution is -2.12. The van der Waals surface area contributed by atoms with Crippen molar-refractivity contribution in [3.05, 3.63) is 81.4 Å². The van der Waals surface area contributed by atoms with E-state index in [0.717, 1.165) is 10.0 Å². The number of halogens is 2. The highest BCUT2D eigenvalue weighted by Crippen LogP contribution is 2.15. The molecule has 1 aromatic heterocycles. The van der Waals surface area contributed by atoms with Gasteiger partial charge in [-0.2, -0.15) is 5.10 Å². The minimum Gasteiger partial charge on any atom is -0.305 e. The molecule has 0 fully saturated rings. The fraction of sp³-hybridized carbons (Fsp3) is 0.0588. The van der Waals surface area contributed by atoms with E-state index in [1.165, 1.54) is 0 Å². The van der Waals surface area contributed by atoms with Crippen molar-refractivity contribution in [3.8, 4) is 0 Å².